The monoisotopic (exact) mass is 339 g/mol. The van der Waals surface area contributed by atoms with E-state index in [0.717, 1.165) is 5.56 Å². The molecule has 0 atom stereocenters. The number of hydrogen-bond donors (Lipinski definition) is 2. The first-order valence-electron chi connectivity index (χ1n) is 7.16. The molecule has 0 fully saturated rings. The van der Waals surface area contributed by atoms with Gasteiger partial charge in [0.2, 0.25) is 0 Å². The predicted molar refractivity (Wildman–Crippen MR) is 95.1 cm³/mol. The van der Waals surface area contributed by atoms with Crippen molar-refractivity contribution < 1.29 is 9.21 Å². The number of rotatable bonds is 4. The van der Waals surface area contributed by atoms with E-state index in [1.54, 1.807) is 42.5 Å². The third-order valence-corrected chi connectivity index (χ3v) is 3.54. The molecule has 1 heterocycles. The van der Waals surface area contributed by atoms with Gasteiger partial charge in [-0.3, -0.25) is 4.79 Å². The Morgan fingerprint density at radius 2 is 1.75 bits per heavy atom. The molecular weight excluding hydrogens is 326 g/mol. The molecule has 0 aliphatic rings. The Kier molecular flexibility index (Phi) is 4.63. The number of amides is 1. The summed E-state index contributed by atoms with van der Waals surface area (Å²) >= 11 is 5.86. The lowest BCUT2D eigenvalue weighted by Crippen LogP contribution is -2.17. The Hall–Kier alpha value is -3.05. The van der Waals surface area contributed by atoms with E-state index >= 15 is 0 Å². The number of carbonyl (C=O) groups is 1. The second kappa shape index (κ2) is 7.02. The molecule has 2 aromatic carbocycles. The summed E-state index contributed by atoms with van der Waals surface area (Å²) in [7, 11) is 0. The van der Waals surface area contributed by atoms with Crippen LogP contribution in [-0.2, 0) is 0 Å². The third-order valence-electron chi connectivity index (χ3n) is 3.29. The number of carbonyl (C=O) groups excluding carboxylic acids is 1. The van der Waals surface area contributed by atoms with Gasteiger partial charge in [0.05, 0.1) is 6.21 Å². The maximum Gasteiger partial charge on any atom is 0.271 e. The number of furan rings is 1. The van der Waals surface area contributed by atoms with Gasteiger partial charge in [0.1, 0.15) is 11.5 Å². The second-order valence-corrected chi connectivity index (χ2v) is 5.47. The van der Waals surface area contributed by atoms with Crippen LogP contribution >= 0.6 is 11.6 Å². The first-order valence-corrected chi connectivity index (χ1v) is 7.54. The molecule has 1 amide bonds. The van der Waals surface area contributed by atoms with Gasteiger partial charge < -0.3 is 10.2 Å². The highest BCUT2D eigenvalue weighted by Crippen LogP contribution is 2.23. The minimum absolute atomic E-state index is 0.323. The number of halogens is 1. The van der Waals surface area contributed by atoms with Gasteiger partial charge in [-0.15, -0.1) is 0 Å². The van der Waals surface area contributed by atoms with Crippen LogP contribution in [0.15, 0.2) is 70.2 Å². The summed E-state index contributed by atoms with van der Waals surface area (Å²) < 4.78 is 5.65. The zero-order chi connectivity index (χ0) is 16.9. The lowest BCUT2D eigenvalue weighted by molar-refractivity contribution is 0.0955. The van der Waals surface area contributed by atoms with Crippen LogP contribution in [-0.4, -0.2) is 12.1 Å². The van der Waals surface area contributed by atoms with Gasteiger partial charge >= 0.3 is 0 Å². The van der Waals surface area contributed by atoms with E-state index < -0.39 is 0 Å². The van der Waals surface area contributed by atoms with Gasteiger partial charge in [-0.25, -0.2) is 5.43 Å². The highest BCUT2D eigenvalue weighted by atomic mass is 35.5. The number of nitrogen functional groups attached to an aromatic ring is 1. The van der Waals surface area contributed by atoms with Crippen molar-refractivity contribution in [1.82, 2.24) is 5.43 Å². The topological polar surface area (TPSA) is 80.6 Å². The predicted octanol–water partition coefficient (Wildman–Crippen LogP) is 3.95. The van der Waals surface area contributed by atoms with Crippen LogP contribution in [0.3, 0.4) is 0 Å². The van der Waals surface area contributed by atoms with Crippen molar-refractivity contribution in [3.05, 3.63) is 77.0 Å². The zero-order valence-corrected chi connectivity index (χ0v) is 13.3. The van der Waals surface area contributed by atoms with E-state index in [2.05, 4.69) is 10.5 Å². The SMILES string of the molecule is Nc1ccc(C(=O)N/N=C/c2ccc(-c3ccc(Cl)cc3)o2)cc1. The molecule has 3 aromatic rings. The molecule has 5 nitrogen and oxygen atoms in total. The fourth-order valence-corrected chi connectivity index (χ4v) is 2.17. The van der Waals surface area contributed by atoms with Gasteiger partial charge in [-0.2, -0.15) is 5.10 Å². The standard InChI is InChI=1S/C18H14ClN3O2/c19-14-5-1-12(2-6-14)17-10-9-16(24-17)11-21-22-18(23)13-3-7-15(20)8-4-13/h1-11H,20H2,(H,22,23)/b21-11+. The minimum atomic E-state index is -0.323. The maximum absolute atomic E-state index is 11.9. The van der Waals surface area contributed by atoms with E-state index in [0.29, 0.717) is 27.8 Å². The average molecular weight is 340 g/mol. The number of nitrogens with zero attached hydrogens (tertiary/aromatic N) is 1. The summed E-state index contributed by atoms with van der Waals surface area (Å²) in [6.45, 7) is 0. The van der Waals surface area contributed by atoms with Crippen molar-refractivity contribution in [2.45, 2.75) is 0 Å². The second-order valence-electron chi connectivity index (χ2n) is 5.03. The normalized spacial score (nSPS) is 10.9. The smallest absolute Gasteiger partial charge is 0.271 e. The lowest BCUT2D eigenvalue weighted by atomic mass is 10.2. The third kappa shape index (κ3) is 3.83. The fourth-order valence-electron chi connectivity index (χ4n) is 2.05. The van der Waals surface area contributed by atoms with Crippen molar-refractivity contribution in [3.63, 3.8) is 0 Å². The summed E-state index contributed by atoms with van der Waals surface area (Å²) in [5.74, 6) is 0.895. The number of hydrazone groups is 1. The average Bonchev–Trinajstić information content (AvgIpc) is 3.05. The van der Waals surface area contributed by atoms with Gasteiger partial charge in [-0.05, 0) is 60.7 Å². The molecule has 0 spiro atoms. The Labute approximate surface area is 143 Å². The molecular formula is C18H14ClN3O2. The largest absolute Gasteiger partial charge is 0.455 e. The van der Waals surface area contributed by atoms with Crippen LogP contribution in [0, 0.1) is 0 Å². The van der Waals surface area contributed by atoms with Crippen molar-refractivity contribution >= 4 is 29.4 Å². The molecule has 0 saturated carbocycles. The molecule has 0 bridgehead atoms. The highest BCUT2D eigenvalue weighted by Gasteiger charge is 2.05. The molecule has 0 saturated heterocycles. The van der Waals surface area contributed by atoms with Gasteiger partial charge in [0, 0.05) is 21.8 Å². The molecule has 6 heteroatoms. The minimum Gasteiger partial charge on any atom is -0.455 e. The molecule has 120 valence electrons. The van der Waals surface area contributed by atoms with Crippen LogP contribution in [0.4, 0.5) is 5.69 Å². The number of hydrogen-bond acceptors (Lipinski definition) is 4. The quantitative estimate of drug-likeness (QED) is 0.429. The lowest BCUT2D eigenvalue weighted by Gasteiger charge is -1.99. The number of benzene rings is 2. The summed E-state index contributed by atoms with van der Waals surface area (Å²) in [5, 5.41) is 4.56. The Balaban J connectivity index is 1.64. The molecule has 0 aliphatic carbocycles. The molecule has 0 unspecified atom stereocenters. The molecule has 3 N–H and O–H groups in total. The van der Waals surface area contributed by atoms with E-state index in [9.17, 15) is 4.79 Å². The first kappa shape index (κ1) is 15.8. The first-order chi connectivity index (χ1) is 11.6. The van der Waals surface area contributed by atoms with Crippen molar-refractivity contribution in [2.24, 2.45) is 5.10 Å². The van der Waals surface area contributed by atoms with Crippen molar-refractivity contribution in [2.75, 3.05) is 5.73 Å². The molecule has 24 heavy (non-hydrogen) atoms. The van der Waals surface area contributed by atoms with E-state index in [1.807, 2.05) is 18.2 Å². The van der Waals surface area contributed by atoms with Crippen LogP contribution in [0.25, 0.3) is 11.3 Å². The summed E-state index contributed by atoms with van der Waals surface area (Å²) in [6.07, 6.45) is 1.44. The summed E-state index contributed by atoms with van der Waals surface area (Å²) in [5.41, 5.74) is 10.00. The van der Waals surface area contributed by atoms with E-state index in [1.165, 1.54) is 6.21 Å². The number of anilines is 1. The Bertz CT molecular complexity index is 868. The van der Waals surface area contributed by atoms with Crippen LogP contribution in [0.1, 0.15) is 16.1 Å². The van der Waals surface area contributed by atoms with Crippen LogP contribution in [0.2, 0.25) is 5.02 Å². The molecule has 3 rings (SSSR count). The van der Waals surface area contributed by atoms with Gasteiger partial charge in [-0.1, -0.05) is 11.6 Å². The van der Waals surface area contributed by atoms with E-state index in [4.69, 9.17) is 21.8 Å². The molecule has 0 aliphatic heterocycles. The van der Waals surface area contributed by atoms with E-state index in [-0.39, 0.29) is 5.91 Å². The number of nitrogens with one attached hydrogen (secondary N) is 1. The summed E-state index contributed by atoms with van der Waals surface area (Å²) in [6, 6.07) is 17.5. The highest BCUT2D eigenvalue weighted by molar-refractivity contribution is 6.30. The fraction of sp³-hybridized carbons (Fsp3) is 0. The summed E-state index contributed by atoms with van der Waals surface area (Å²) in [4.78, 5) is 11.9. The van der Waals surface area contributed by atoms with Gasteiger partial charge in [0.25, 0.3) is 5.91 Å². The Morgan fingerprint density at radius 1 is 1.04 bits per heavy atom. The van der Waals surface area contributed by atoms with Crippen molar-refractivity contribution in [3.8, 4) is 11.3 Å². The van der Waals surface area contributed by atoms with Gasteiger partial charge in [0.15, 0.2) is 0 Å². The maximum atomic E-state index is 11.9. The van der Waals surface area contributed by atoms with Crippen LogP contribution < -0.4 is 11.2 Å². The van der Waals surface area contributed by atoms with Crippen molar-refractivity contribution in [1.29, 1.82) is 0 Å². The number of nitrogens with two attached hydrogens (primary N) is 1. The zero-order valence-electron chi connectivity index (χ0n) is 12.6. The molecule has 1 aromatic heterocycles. The molecule has 0 radical (unpaired) electrons. The Morgan fingerprint density at radius 3 is 2.46 bits per heavy atom. The van der Waals surface area contributed by atoms with Crippen LogP contribution in [0.5, 0.6) is 0 Å².